The van der Waals surface area contributed by atoms with Crippen molar-refractivity contribution < 1.29 is 0 Å². The van der Waals surface area contributed by atoms with Gasteiger partial charge in [0.05, 0.1) is 0 Å². The minimum atomic E-state index is -0.182. The molecule has 0 aromatic heterocycles. The van der Waals surface area contributed by atoms with Gasteiger partial charge in [0.15, 0.2) is 0 Å². The Kier molecular flexibility index (Phi) is 8.99. The zero-order valence-corrected chi connectivity index (χ0v) is 17.2. The van der Waals surface area contributed by atoms with E-state index in [1.807, 2.05) is 0 Å². The first-order valence-corrected chi connectivity index (χ1v) is 12.2. The second kappa shape index (κ2) is 11.1. The van der Waals surface area contributed by atoms with Gasteiger partial charge in [0.2, 0.25) is 0 Å². The monoisotopic (exact) mass is 474 g/mol. The van der Waals surface area contributed by atoms with E-state index in [2.05, 4.69) is 72.6 Å². The van der Waals surface area contributed by atoms with Crippen LogP contribution < -0.4 is 8.07 Å². The van der Waals surface area contributed by atoms with Gasteiger partial charge in [-0.2, -0.15) is 0 Å². The van der Waals surface area contributed by atoms with Gasteiger partial charge in [-0.25, -0.2) is 0 Å². The van der Waals surface area contributed by atoms with E-state index in [0.29, 0.717) is 15.0 Å². The molecule has 2 aromatic rings. The zero-order chi connectivity index (χ0) is 15.5. The normalized spacial score (nSPS) is 11.6. The van der Waals surface area contributed by atoms with E-state index in [-0.39, 0.29) is 20.9 Å². The van der Waals surface area contributed by atoms with Crippen molar-refractivity contribution in [1.29, 1.82) is 0 Å². The molecule has 2 aromatic carbocycles. The molecule has 0 aliphatic rings. The Morgan fingerprint density at radius 2 is 1.59 bits per heavy atom. The molecule has 0 radical (unpaired) electrons. The molecule has 0 fully saturated rings. The fourth-order valence-corrected chi connectivity index (χ4v) is 7.53. The minimum absolute atomic E-state index is 0.182. The number of benzene rings is 2. The molecule has 0 nitrogen and oxygen atoms in total. The van der Waals surface area contributed by atoms with E-state index in [0.717, 1.165) is 0 Å². The average molecular weight is 471 g/mol. The molecule has 0 aliphatic heterocycles. The molecule has 2 heteroatoms. The van der Waals surface area contributed by atoms with Crippen LogP contribution in [0.4, 0.5) is 0 Å². The van der Waals surface area contributed by atoms with Crippen LogP contribution in [0, 0.1) is 0 Å². The van der Waals surface area contributed by atoms with Gasteiger partial charge in [-0.15, -0.1) is 0 Å². The first-order valence-electron chi connectivity index (χ1n) is 8.02. The Balaban J connectivity index is 1.97. The topological polar surface area (TPSA) is 0 Å². The predicted octanol–water partition coefficient (Wildman–Crippen LogP) is 3.86. The van der Waals surface area contributed by atoms with E-state index in [4.69, 9.17) is 0 Å². The van der Waals surface area contributed by atoms with E-state index in [9.17, 15) is 0 Å². The molecular weight excluding hydrogens is 447 g/mol. The van der Waals surface area contributed by atoms with Crippen LogP contribution in [0.1, 0.15) is 39.0 Å². The van der Waals surface area contributed by atoms with Crippen LogP contribution in [-0.4, -0.2) is 35.9 Å². The van der Waals surface area contributed by atoms with Crippen LogP contribution in [0.5, 0.6) is 0 Å². The summed E-state index contributed by atoms with van der Waals surface area (Å²) in [6.45, 7) is 2.29. The Labute approximate surface area is 151 Å². The molecule has 0 amide bonds. The molecule has 2 rings (SSSR count). The van der Waals surface area contributed by atoms with Gasteiger partial charge >= 0.3 is 152 Å². The summed E-state index contributed by atoms with van der Waals surface area (Å²) in [5.74, 6) is 0. The molecule has 0 aliphatic carbocycles. The number of hydrogen-bond donors (Lipinski definition) is 0. The first-order chi connectivity index (χ1) is 10.9. The Bertz CT molecular complexity index is 548. The van der Waals surface area contributed by atoms with Gasteiger partial charge in [-0.05, 0) is 0 Å². The Morgan fingerprint density at radius 3 is 2.27 bits per heavy atom. The summed E-state index contributed by atoms with van der Waals surface area (Å²) in [7, 11) is 0. The predicted molar refractivity (Wildman–Crippen MR) is 101 cm³/mol. The number of rotatable bonds is 9. The fourth-order valence-electron chi connectivity index (χ4n) is 2.13. The van der Waals surface area contributed by atoms with Crippen molar-refractivity contribution in [3.63, 3.8) is 0 Å². The van der Waals surface area contributed by atoms with Crippen LogP contribution in [0.2, 0.25) is 0 Å². The quantitative estimate of drug-likeness (QED) is 0.386. The van der Waals surface area contributed by atoms with Gasteiger partial charge in [0.25, 0.3) is 0 Å². The first kappa shape index (κ1) is 17.8. The summed E-state index contributed by atoms with van der Waals surface area (Å²) in [4.78, 5) is 2.57. The van der Waals surface area contributed by atoms with Crippen molar-refractivity contribution in [2.45, 2.75) is 39.0 Å². The molecule has 0 spiro atoms. The van der Waals surface area contributed by atoms with Crippen LogP contribution in [0.15, 0.2) is 69.3 Å². The van der Waals surface area contributed by atoms with E-state index in [1.54, 1.807) is 7.23 Å². The van der Waals surface area contributed by atoms with Gasteiger partial charge < -0.3 is 0 Å². The summed E-state index contributed by atoms with van der Waals surface area (Å²) in [5.41, 5.74) is 0. The second-order valence-electron chi connectivity index (χ2n) is 5.24. The number of allylic oxidation sites excluding steroid dienone is 1. The molecule has 0 saturated heterocycles. The van der Waals surface area contributed by atoms with Gasteiger partial charge in [-0.3, -0.25) is 0 Å². The summed E-state index contributed by atoms with van der Waals surface area (Å²) < 4.78 is 4.80. The van der Waals surface area contributed by atoms with Crippen molar-refractivity contribution in [3.8, 4) is 0 Å². The van der Waals surface area contributed by atoms with Gasteiger partial charge in [0, 0.05) is 0 Å². The van der Waals surface area contributed by atoms with Crippen molar-refractivity contribution >= 4 is 44.0 Å². The summed E-state index contributed by atoms with van der Waals surface area (Å²) in [6, 6.07) is 22.0. The summed E-state index contributed by atoms with van der Waals surface area (Å²) in [5, 5.41) is 0. The molecule has 116 valence electrons. The van der Waals surface area contributed by atoms with Crippen LogP contribution in [-0.2, 0) is 0 Å². The molecule has 0 N–H and O–H groups in total. The maximum absolute atomic E-state index is 2.57. The zero-order valence-electron chi connectivity index (χ0n) is 13.2. The summed E-state index contributed by atoms with van der Waals surface area (Å²) >= 11 is 0.305. The molecule has 0 bridgehead atoms. The van der Waals surface area contributed by atoms with Crippen molar-refractivity contribution in [2.24, 2.45) is 0 Å². The summed E-state index contributed by atoms with van der Waals surface area (Å²) in [6.07, 6.45) is 6.76. The molecule has 0 heterocycles. The molecule has 0 unspecified atom stereocenters. The van der Waals surface area contributed by atoms with E-state index >= 15 is 0 Å². The Morgan fingerprint density at radius 1 is 0.909 bits per heavy atom. The van der Waals surface area contributed by atoms with Crippen LogP contribution >= 0.6 is 0 Å². The maximum atomic E-state index is 2.57. The Hall–Kier alpha value is -0.511. The van der Waals surface area contributed by atoms with Crippen LogP contribution in [0.25, 0.3) is 0 Å². The van der Waals surface area contributed by atoms with Gasteiger partial charge in [0.1, 0.15) is 0 Å². The van der Waals surface area contributed by atoms with Crippen molar-refractivity contribution in [1.82, 2.24) is 0 Å². The average Bonchev–Trinajstić information content (AvgIpc) is 2.58. The third-order valence-corrected chi connectivity index (χ3v) is 9.49. The van der Waals surface area contributed by atoms with Gasteiger partial charge in [-0.1, -0.05) is 0 Å². The fraction of sp³-hybridized carbons (Fsp3) is 0.300. The molecule has 22 heavy (non-hydrogen) atoms. The standard InChI is InChI=1S/C20H24SeTe/c1-2-3-4-9-16-20(22-19-14-10-6-11-15-19)17-21-18-12-7-5-8-13-18/h5-8,10-15,17H,2-4,9,16H2,1H3/b20-17+. The second-order valence-corrected chi connectivity index (χ2v) is 10.6. The molecule has 0 atom stereocenters. The molecular formula is C20H24SeTe. The third kappa shape index (κ3) is 7.17. The number of unbranched alkanes of at least 4 members (excludes halogenated alkanes) is 3. The third-order valence-electron chi connectivity index (χ3n) is 3.34. The van der Waals surface area contributed by atoms with E-state index in [1.165, 1.54) is 36.6 Å². The SMILES string of the molecule is CCCCCC/C(=C\[Se]c1ccccc1)[Te]c1ccccc1. The van der Waals surface area contributed by atoms with Crippen LogP contribution in [0.3, 0.4) is 0 Å². The van der Waals surface area contributed by atoms with E-state index < -0.39 is 0 Å². The number of hydrogen-bond acceptors (Lipinski definition) is 0. The molecule has 0 saturated carbocycles. The van der Waals surface area contributed by atoms with Crippen molar-refractivity contribution in [2.75, 3.05) is 0 Å². The van der Waals surface area contributed by atoms with Crippen molar-refractivity contribution in [3.05, 3.63) is 69.3 Å².